The van der Waals surface area contributed by atoms with Crippen LogP contribution in [0.2, 0.25) is 0 Å². The van der Waals surface area contributed by atoms with Gasteiger partial charge in [0.2, 0.25) is 0 Å². The Kier molecular flexibility index (Phi) is 15.6. The lowest BCUT2D eigenvalue weighted by Crippen LogP contribution is -1.91. The maximum absolute atomic E-state index is 9.55. The second kappa shape index (κ2) is 14.7. The molecule has 0 aromatic carbocycles. The molecular weight excluding hydrogens is 220 g/mol. The van der Waals surface area contributed by atoms with Gasteiger partial charge in [-0.05, 0) is 0 Å². The quantitative estimate of drug-likeness (QED) is 0.506. The van der Waals surface area contributed by atoms with Crippen LogP contribution in [0, 0.1) is 0 Å². The van der Waals surface area contributed by atoms with Crippen LogP contribution >= 0.6 is 0 Å². The molecule has 0 unspecified atom stereocenters. The van der Waals surface area contributed by atoms with Crippen LogP contribution in [-0.2, 0) is 9.59 Å². The lowest BCUT2D eigenvalue weighted by atomic mass is 10.1. The molecule has 0 aromatic heterocycles. The van der Waals surface area contributed by atoms with Crippen LogP contribution in [0.15, 0.2) is 12.2 Å². The predicted molar refractivity (Wildman–Crippen MR) is 68.1 cm³/mol. The Balaban J connectivity index is 0. The van der Waals surface area contributed by atoms with Gasteiger partial charge in [-0.15, -0.1) is 0 Å². The van der Waals surface area contributed by atoms with E-state index in [2.05, 4.69) is 13.8 Å². The first-order valence-corrected chi connectivity index (χ1v) is 6.18. The van der Waals surface area contributed by atoms with Crippen molar-refractivity contribution in [3.05, 3.63) is 12.2 Å². The minimum absolute atomic E-state index is 0.558. The van der Waals surface area contributed by atoms with E-state index in [1.165, 1.54) is 44.9 Å². The maximum atomic E-state index is 9.55. The highest BCUT2D eigenvalue weighted by Gasteiger charge is 1.88. The maximum Gasteiger partial charge on any atom is 0.328 e. The van der Waals surface area contributed by atoms with Gasteiger partial charge in [0.1, 0.15) is 0 Å². The molecule has 0 saturated heterocycles. The van der Waals surface area contributed by atoms with Crippen molar-refractivity contribution >= 4 is 11.9 Å². The fourth-order valence-corrected chi connectivity index (χ4v) is 1.17. The Bertz CT molecular complexity index is 199. The lowest BCUT2D eigenvalue weighted by molar-refractivity contribution is -0.134. The van der Waals surface area contributed by atoms with Crippen LogP contribution in [0.25, 0.3) is 0 Å². The molecule has 0 saturated carbocycles. The summed E-state index contributed by atoms with van der Waals surface area (Å²) in [5.41, 5.74) is 0. The van der Waals surface area contributed by atoms with Gasteiger partial charge >= 0.3 is 11.9 Å². The summed E-state index contributed by atoms with van der Waals surface area (Å²) < 4.78 is 0. The van der Waals surface area contributed by atoms with E-state index in [1.54, 1.807) is 0 Å². The molecule has 2 N–H and O–H groups in total. The molecule has 0 bridgehead atoms. The summed E-state index contributed by atoms with van der Waals surface area (Å²) in [5.74, 6) is -2.51. The summed E-state index contributed by atoms with van der Waals surface area (Å²) in [4.78, 5) is 19.1. The third kappa shape index (κ3) is 25.2. The van der Waals surface area contributed by atoms with Crippen LogP contribution in [0.5, 0.6) is 0 Å². The second-order valence-electron chi connectivity index (χ2n) is 3.78. The number of unbranched alkanes of at least 4 members (excludes halogenated alkanes) is 6. The summed E-state index contributed by atoms with van der Waals surface area (Å²) in [6.07, 6.45) is 11.1. The van der Waals surface area contributed by atoms with Gasteiger partial charge in [-0.2, -0.15) is 0 Å². The van der Waals surface area contributed by atoms with Crippen molar-refractivity contribution in [3.8, 4) is 0 Å². The normalized spacial score (nSPS) is 9.76. The molecule has 0 aromatic rings. The van der Waals surface area contributed by atoms with E-state index in [0.29, 0.717) is 12.2 Å². The highest BCUT2D eigenvalue weighted by Crippen LogP contribution is 2.05. The van der Waals surface area contributed by atoms with E-state index in [-0.39, 0.29) is 0 Å². The minimum Gasteiger partial charge on any atom is -0.478 e. The van der Waals surface area contributed by atoms with Crippen molar-refractivity contribution in [2.45, 2.75) is 58.8 Å². The number of carbonyl (C=O) groups is 2. The van der Waals surface area contributed by atoms with Crippen molar-refractivity contribution in [3.63, 3.8) is 0 Å². The fraction of sp³-hybridized carbons (Fsp3) is 0.692. The smallest absolute Gasteiger partial charge is 0.328 e. The first-order chi connectivity index (χ1) is 8.04. The van der Waals surface area contributed by atoms with Gasteiger partial charge < -0.3 is 10.2 Å². The summed E-state index contributed by atoms with van der Waals surface area (Å²) >= 11 is 0. The molecule has 100 valence electrons. The Labute approximate surface area is 103 Å². The molecule has 0 atom stereocenters. The monoisotopic (exact) mass is 244 g/mol. The molecule has 0 amide bonds. The first-order valence-electron chi connectivity index (χ1n) is 6.18. The molecular formula is C13H24O4. The van der Waals surface area contributed by atoms with E-state index in [4.69, 9.17) is 10.2 Å². The van der Waals surface area contributed by atoms with Crippen molar-refractivity contribution in [2.24, 2.45) is 0 Å². The number of carboxylic acids is 2. The SMILES string of the molecule is CCCCCCCCC.O=C(O)/C=C/C(=O)O. The average Bonchev–Trinajstić information content (AvgIpc) is 2.27. The van der Waals surface area contributed by atoms with Gasteiger partial charge in [0.05, 0.1) is 0 Å². The molecule has 0 rings (SSSR count). The number of carboxylic acid groups (broad SMARTS) is 2. The van der Waals surface area contributed by atoms with Crippen LogP contribution in [0.1, 0.15) is 58.8 Å². The second-order valence-corrected chi connectivity index (χ2v) is 3.78. The van der Waals surface area contributed by atoms with E-state index in [1.807, 2.05) is 0 Å². The predicted octanol–water partition coefficient (Wildman–Crippen LogP) is 3.47. The van der Waals surface area contributed by atoms with Crippen LogP contribution in [-0.4, -0.2) is 22.2 Å². The molecule has 0 aliphatic heterocycles. The van der Waals surface area contributed by atoms with E-state index in [0.717, 1.165) is 0 Å². The van der Waals surface area contributed by atoms with Gasteiger partial charge in [-0.1, -0.05) is 58.8 Å². The zero-order chi connectivity index (χ0) is 13.5. The third-order valence-electron chi connectivity index (χ3n) is 2.08. The van der Waals surface area contributed by atoms with Crippen molar-refractivity contribution in [2.75, 3.05) is 0 Å². The summed E-state index contributed by atoms with van der Waals surface area (Å²) in [6.45, 7) is 4.53. The van der Waals surface area contributed by atoms with Crippen molar-refractivity contribution in [1.82, 2.24) is 0 Å². The zero-order valence-electron chi connectivity index (χ0n) is 10.8. The molecule has 4 heteroatoms. The Morgan fingerprint density at radius 1 is 0.765 bits per heavy atom. The highest BCUT2D eigenvalue weighted by molar-refractivity contribution is 5.89. The third-order valence-corrected chi connectivity index (χ3v) is 2.08. The summed E-state index contributed by atoms with van der Waals surface area (Å²) in [6, 6.07) is 0. The molecule has 0 spiro atoms. The molecule has 0 heterocycles. The number of hydrogen-bond acceptors (Lipinski definition) is 2. The Morgan fingerprint density at radius 3 is 1.29 bits per heavy atom. The molecule has 17 heavy (non-hydrogen) atoms. The summed E-state index contributed by atoms with van der Waals surface area (Å²) in [7, 11) is 0. The molecule has 4 nitrogen and oxygen atoms in total. The van der Waals surface area contributed by atoms with Gasteiger partial charge in [-0.3, -0.25) is 0 Å². The first kappa shape index (κ1) is 18.1. The topological polar surface area (TPSA) is 74.6 Å². The summed E-state index contributed by atoms with van der Waals surface area (Å²) in [5, 5.41) is 15.6. The minimum atomic E-state index is -1.26. The standard InChI is InChI=1S/C9H20.C4H4O4/c1-3-5-7-9-8-6-4-2;5-3(6)1-2-4(7)8/h3-9H2,1-2H3;1-2H,(H,5,6)(H,7,8)/b;2-1+. The van der Waals surface area contributed by atoms with Gasteiger partial charge in [0.15, 0.2) is 0 Å². The molecule has 0 radical (unpaired) electrons. The average molecular weight is 244 g/mol. The van der Waals surface area contributed by atoms with Crippen molar-refractivity contribution in [1.29, 1.82) is 0 Å². The fourth-order valence-electron chi connectivity index (χ4n) is 1.17. The van der Waals surface area contributed by atoms with Gasteiger partial charge in [0, 0.05) is 12.2 Å². The zero-order valence-corrected chi connectivity index (χ0v) is 10.8. The molecule has 0 aliphatic carbocycles. The lowest BCUT2D eigenvalue weighted by Gasteiger charge is -1.96. The number of aliphatic carboxylic acids is 2. The van der Waals surface area contributed by atoms with E-state index in [9.17, 15) is 9.59 Å². The van der Waals surface area contributed by atoms with Crippen LogP contribution in [0.4, 0.5) is 0 Å². The Morgan fingerprint density at radius 2 is 1.06 bits per heavy atom. The van der Waals surface area contributed by atoms with Gasteiger partial charge in [0.25, 0.3) is 0 Å². The molecule has 0 fully saturated rings. The van der Waals surface area contributed by atoms with E-state index < -0.39 is 11.9 Å². The van der Waals surface area contributed by atoms with Crippen LogP contribution < -0.4 is 0 Å². The molecule has 0 aliphatic rings. The van der Waals surface area contributed by atoms with Crippen LogP contribution in [0.3, 0.4) is 0 Å². The number of hydrogen-bond donors (Lipinski definition) is 2. The highest BCUT2D eigenvalue weighted by atomic mass is 16.4. The van der Waals surface area contributed by atoms with Gasteiger partial charge in [-0.25, -0.2) is 9.59 Å². The Hall–Kier alpha value is -1.32. The number of rotatable bonds is 8. The van der Waals surface area contributed by atoms with Crippen molar-refractivity contribution < 1.29 is 19.8 Å². The van der Waals surface area contributed by atoms with E-state index >= 15 is 0 Å². The largest absolute Gasteiger partial charge is 0.478 e.